The molecule has 0 saturated carbocycles. The maximum atomic E-state index is 12.0. The zero-order valence-electron chi connectivity index (χ0n) is 15.9. The Kier molecular flexibility index (Phi) is 6.98. The van der Waals surface area contributed by atoms with Crippen LogP contribution in [0.3, 0.4) is 0 Å². The first-order valence-electron chi connectivity index (χ1n) is 8.60. The highest BCUT2D eigenvalue weighted by molar-refractivity contribution is 9.10. The van der Waals surface area contributed by atoms with Crippen molar-refractivity contribution >= 4 is 28.1 Å². The second-order valence-electron chi connectivity index (χ2n) is 6.74. The van der Waals surface area contributed by atoms with Gasteiger partial charge in [0.15, 0.2) is 6.61 Å². The third-order valence-electron chi connectivity index (χ3n) is 4.10. The van der Waals surface area contributed by atoms with E-state index in [2.05, 4.69) is 59.4 Å². The van der Waals surface area contributed by atoms with Gasteiger partial charge in [0.1, 0.15) is 5.75 Å². The van der Waals surface area contributed by atoms with E-state index in [0.29, 0.717) is 11.7 Å². The van der Waals surface area contributed by atoms with Crippen LogP contribution >= 0.6 is 15.9 Å². The monoisotopic (exact) mass is 416 g/mol. The van der Waals surface area contributed by atoms with Gasteiger partial charge in [-0.15, -0.1) is 0 Å². The average molecular weight is 417 g/mol. The summed E-state index contributed by atoms with van der Waals surface area (Å²) in [5, 5.41) is 4.05. The molecule has 2 rings (SSSR count). The van der Waals surface area contributed by atoms with Crippen LogP contribution in [0.4, 0.5) is 0 Å². The van der Waals surface area contributed by atoms with Crippen LogP contribution in [0.1, 0.15) is 47.6 Å². The Morgan fingerprint density at radius 1 is 1.19 bits per heavy atom. The van der Waals surface area contributed by atoms with Crippen molar-refractivity contribution in [2.24, 2.45) is 5.10 Å². The number of carbonyl (C=O) groups excluding carboxylic acids is 1. The van der Waals surface area contributed by atoms with Gasteiger partial charge in [-0.1, -0.05) is 37.6 Å². The Hall–Kier alpha value is -2.14. The lowest BCUT2D eigenvalue weighted by Crippen LogP contribution is -2.24. The lowest BCUT2D eigenvalue weighted by molar-refractivity contribution is -0.123. The lowest BCUT2D eigenvalue weighted by atomic mass is 10.0. The van der Waals surface area contributed by atoms with Gasteiger partial charge in [-0.05, 0) is 71.4 Å². The molecule has 5 heteroatoms. The number of hydrazone groups is 1. The number of rotatable bonds is 6. The van der Waals surface area contributed by atoms with Gasteiger partial charge >= 0.3 is 0 Å². The van der Waals surface area contributed by atoms with Crippen LogP contribution in [0.2, 0.25) is 0 Å². The first-order chi connectivity index (χ1) is 12.3. The van der Waals surface area contributed by atoms with Gasteiger partial charge in [0, 0.05) is 5.56 Å². The summed E-state index contributed by atoms with van der Waals surface area (Å²) in [6, 6.07) is 10.1. The standard InChI is InChI=1S/C21H25BrN2O2/c1-13(2)17-6-7-20(19(22)10-17)26-12-21(25)24-23-11-18-15(4)8-14(3)9-16(18)5/h6-11,13H,12H2,1-5H3,(H,24,25). The highest BCUT2D eigenvalue weighted by atomic mass is 79.9. The zero-order chi connectivity index (χ0) is 19.3. The highest BCUT2D eigenvalue weighted by Crippen LogP contribution is 2.28. The molecule has 0 saturated heterocycles. The number of nitrogens with one attached hydrogen (secondary N) is 1. The molecule has 0 atom stereocenters. The van der Waals surface area contributed by atoms with Crippen LogP contribution in [-0.2, 0) is 4.79 Å². The molecule has 0 radical (unpaired) electrons. The number of halogens is 1. The fraction of sp³-hybridized carbons (Fsp3) is 0.333. The van der Waals surface area contributed by atoms with E-state index in [-0.39, 0.29) is 12.5 Å². The van der Waals surface area contributed by atoms with Crippen LogP contribution in [0.5, 0.6) is 5.75 Å². The van der Waals surface area contributed by atoms with E-state index < -0.39 is 0 Å². The summed E-state index contributed by atoms with van der Waals surface area (Å²) in [7, 11) is 0. The number of ether oxygens (including phenoxy) is 1. The van der Waals surface area contributed by atoms with Crippen LogP contribution in [0, 0.1) is 20.8 Å². The minimum Gasteiger partial charge on any atom is -0.483 e. The predicted molar refractivity (Wildman–Crippen MR) is 110 cm³/mol. The van der Waals surface area contributed by atoms with Gasteiger partial charge in [-0.2, -0.15) is 5.10 Å². The quantitative estimate of drug-likeness (QED) is 0.530. The summed E-state index contributed by atoms with van der Waals surface area (Å²) < 4.78 is 6.41. The second kappa shape index (κ2) is 8.99. The smallest absolute Gasteiger partial charge is 0.277 e. The molecule has 2 aromatic rings. The van der Waals surface area contributed by atoms with Crippen LogP contribution in [-0.4, -0.2) is 18.7 Å². The summed E-state index contributed by atoms with van der Waals surface area (Å²) >= 11 is 3.48. The Morgan fingerprint density at radius 2 is 1.85 bits per heavy atom. The molecule has 1 amide bonds. The molecule has 0 aliphatic rings. The van der Waals surface area contributed by atoms with Crippen LogP contribution in [0.25, 0.3) is 0 Å². The molecule has 0 aromatic heterocycles. The van der Waals surface area contributed by atoms with E-state index >= 15 is 0 Å². The molecule has 0 aliphatic heterocycles. The molecule has 0 spiro atoms. The minimum absolute atomic E-state index is 0.0944. The molecule has 0 bridgehead atoms. The van der Waals surface area contributed by atoms with Crippen molar-refractivity contribution in [1.29, 1.82) is 0 Å². The zero-order valence-corrected chi connectivity index (χ0v) is 17.5. The Bertz CT molecular complexity index is 806. The number of amides is 1. The van der Waals surface area contributed by atoms with E-state index in [0.717, 1.165) is 21.2 Å². The van der Waals surface area contributed by atoms with Crippen molar-refractivity contribution in [3.05, 3.63) is 62.6 Å². The number of nitrogens with zero attached hydrogens (tertiary/aromatic N) is 1. The van der Waals surface area contributed by atoms with Crippen molar-refractivity contribution in [2.45, 2.75) is 40.5 Å². The van der Waals surface area contributed by atoms with Gasteiger partial charge in [0.05, 0.1) is 10.7 Å². The van der Waals surface area contributed by atoms with E-state index in [1.807, 2.05) is 32.0 Å². The maximum Gasteiger partial charge on any atom is 0.277 e. The number of hydrogen-bond acceptors (Lipinski definition) is 3. The predicted octanol–water partition coefficient (Wildman–Crippen LogP) is 5.03. The second-order valence-corrected chi connectivity index (χ2v) is 7.59. The molecular formula is C21H25BrN2O2. The van der Waals surface area contributed by atoms with Gasteiger partial charge in [0.2, 0.25) is 0 Å². The SMILES string of the molecule is Cc1cc(C)c(C=NNC(=O)COc2ccc(C(C)C)cc2Br)c(C)c1. The average Bonchev–Trinajstić information content (AvgIpc) is 2.55. The summed E-state index contributed by atoms with van der Waals surface area (Å²) in [5.74, 6) is 0.772. The summed E-state index contributed by atoms with van der Waals surface area (Å²) in [5.41, 5.74) is 8.21. The molecule has 26 heavy (non-hydrogen) atoms. The van der Waals surface area contributed by atoms with Gasteiger partial charge in [-0.25, -0.2) is 5.43 Å². The van der Waals surface area contributed by atoms with E-state index in [1.54, 1.807) is 6.21 Å². The molecule has 0 aliphatic carbocycles. The molecule has 1 N–H and O–H groups in total. The Morgan fingerprint density at radius 3 is 2.42 bits per heavy atom. The lowest BCUT2D eigenvalue weighted by Gasteiger charge is -2.11. The number of aryl methyl sites for hydroxylation is 3. The third-order valence-corrected chi connectivity index (χ3v) is 4.72. The number of carbonyl (C=O) groups is 1. The highest BCUT2D eigenvalue weighted by Gasteiger charge is 2.08. The Balaban J connectivity index is 1.92. The van der Waals surface area contributed by atoms with Gasteiger partial charge in [-0.3, -0.25) is 4.79 Å². The fourth-order valence-corrected chi connectivity index (χ4v) is 3.24. The fourth-order valence-electron chi connectivity index (χ4n) is 2.73. The minimum atomic E-state index is -0.302. The largest absolute Gasteiger partial charge is 0.483 e. The number of hydrogen-bond donors (Lipinski definition) is 1. The van der Waals surface area contributed by atoms with Crippen molar-refractivity contribution in [3.8, 4) is 5.75 Å². The molecule has 2 aromatic carbocycles. The number of benzene rings is 2. The normalized spacial score (nSPS) is 11.2. The molecule has 0 fully saturated rings. The van der Waals surface area contributed by atoms with E-state index in [9.17, 15) is 4.79 Å². The van der Waals surface area contributed by atoms with Crippen molar-refractivity contribution in [2.75, 3.05) is 6.61 Å². The summed E-state index contributed by atoms with van der Waals surface area (Å²) in [6.45, 7) is 10.3. The van der Waals surface area contributed by atoms with Crippen molar-refractivity contribution in [3.63, 3.8) is 0 Å². The molecule has 0 unspecified atom stereocenters. The molecule has 4 nitrogen and oxygen atoms in total. The maximum absolute atomic E-state index is 12.0. The first kappa shape index (κ1) is 20.2. The summed E-state index contributed by atoms with van der Waals surface area (Å²) in [4.78, 5) is 12.0. The van der Waals surface area contributed by atoms with Crippen LogP contribution in [0.15, 0.2) is 39.9 Å². The van der Waals surface area contributed by atoms with E-state index in [1.165, 1.54) is 11.1 Å². The van der Waals surface area contributed by atoms with Crippen molar-refractivity contribution < 1.29 is 9.53 Å². The molecular weight excluding hydrogens is 392 g/mol. The first-order valence-corrected chi connectivity index (χ1v) is 9.39. The van der Waals surface area contributed by atoms with Crippen LogP contribution < -0.4 is 10.2 Å². The third kappa shape index (κ3) is 5.43. The Labute approximate surface area is 163 Å². The van der Waals surface area contributed by atoms with E-state index in [4.69, 9.17) is 4.74 Å². The topological polar surface area (TPSA) is 50.7 Å². The van der Waals surface area contributed by atoms with Gasteiger partial charge < -0.3 is 4.74 Å². The van der Waals surface area contributed by atoms with Gasteiger partial charge in [0.25, 0.3) is 5.91 Å². The van der Waals surface area contributed by atoms with Crippen molar-refractivity contribution in [1.82, 2.24) is 5.43 Å². The molecule has 138 valence electrons. The molecule has 0 heterocycles. The summed E-state index contributed by atoms with van der Waals surface area (Å²) in [6.07, 6.45) is 1.68.